The molecule has 0 spiro atoms. The van der Waals surface area contributed by atoms with Gasteiger partial charge in [-0.1, -0.05) is 100 Å². The Kier molecular flexibility index (Phi) is 9.06. The van der Waals surface area contributed by atoms with Crippen LogP contribution in [0.3, 0.4) is 0 Å². The van der Waals surface area contributed by atoms with Crippen LogP contribution in [0.2, 0.25) is 0 Å². The zero-order valence-electron chi connectivity index (χ0n) is 23.8. The third kappa shape index (κ3) is 5.73. The summed E-state index contributed by atoms with van der Waals surface area (Å²) in [4.78, 5) is 0. The Bertz CT molecular complexity index is 1460. The topological polar surface area (TPSA) is 49.7 Å². The van der Waals surface area contributed by atoms with Gasteiger partial charge in [0.05, 0.1) is 0 Å². The second-order valence-corrected chi connectivity index (χ2v) is 12.2. The van der Waals surface area contributed by atoms with Gasteiger partial charge in [-0.3, -0.25) is 0 Å². The lowest BCUT2D eigenvalue weighted by atomic mass is 9.75. The number of rotatable bonds is 3. The summed E-state index contributed by atoms with van der Waals surface area (Å²) in [6.07, 6.45) is 0. The van der Waals surface area contributed by atoms with Gasteiger partial charge < -0.3 is 14.8 Å². The summed E-state index contributed by atoms with van der Waals surface area (Å²) < 4.78 is 6.15. The van der Waals surface area contributed by atoms with E-state index >= 15 is 0 Å². The molecule has 39 heavy (non-hydrogen) atoms. The number of benzene rings is 4. The van der Waals surface area contributed by atoms with Gasteiger partial charge in [0.15, 0.2) is 0 Å². The molecular formula is C34H38BIO3. The molecule has 2 aliphatic carbocycles. The minimum atomic E-state index is -1.41. The number of hydrogen-bond donors (Lipinski definition) is 2. The predicted molar refractivity (Wildman–Crippen MR) is 173 cm³/mol. The summed E-state index contributed by atoms with van der Waals surface area (Å²) >= 11 is 2.39. The maximum atomic E-state index is 9.30. The van der Waals surface area contributed by atoms with Gasteiger partial charge in [0.1, 0.15) is 0 Å². The van der Waals surface area contributed by atoms with Gasteiger partial charge in [-0.25, -0.2) is 0 Å². The fourth-order valence-corrected chi connectivity index (χ4v) is 6.25. The first-order valence-corrected chi connectivity index (χ1v) is 14.7. The zero-order valence-corrected chi connectivity index (χ0v) is 25.9. The standard InChI is InChI=1S/C15H15BO2.C15H13I.C4H10O/c1-15(2)13-6-4-3-5-11(13)12-8-7-10(16(17)18)9-14(12)15;1-15(2)13-6-4-3-5-11(13)12-8-7-10(16)9-14(12)15;1-3-5-4-2/h3-9,17-18H,1-2H3;3-9H,1-2H3;3-4H2,1-2H3. The molecule has 2 aliphatic rings. The lowest BCUT2D eigenvalue weighted by Gasteiger charge is -2.21. The van der Waals surface area contributed by atoms with Gasteiger partial charge in [0.25, 0.3) is 0 Å². The molecule has 0 atom stereocenters. The van der Waals surface area contributed by atoms with Gasteiger partial charge >= 0.3 is 7.12 Å². The lowest BCUT2D eigenvalue weighted by molar-refractivity contribution is 0.162. The quantitative estimate of drug-likeness (QED) is 0.184. The molecule has 0 saturated heterocycles. The maximum Gasteiger partial charge on any atom is 0.488 e. The van der Waals surface area contributed by atoms with Crippen molar-refractivity contribution in [2.45, 2.75) is 52.4 Å². The van der Waals surface area contributed by atoms with Crippen molar-refractivity contribution >= 4 is 35.2 Å². The highest BCUT2D eigenvalue weighted by atomic mass is 127. The monoisotopic (exact) mass is 632 g/mol. The zero-order chi connectivity index (χ0) is 28.4. The molecule has 4 aromatic carbocycles. The fraction of sp³-hybridized carbons (Fsp3) is 0.294. The van der Waals surface area contributed by atoms with Crippen molar-refractivity contribution in [1.82, 2.24) is 0 Å². The molecule has 202 valence electrons. The van der Waals surface area contributed by atoms with Crippen LogP contribution >= 0.6 is 22.6 Å². The first kappa shape index (κ1) is 29.5. The van der Waals surface area contributed by atoms with Crippen molar-refractivity contribution in [3.63, 3.8) is 0 Å². The molecule has 0 amide bonds. The smallest absolute Gasteiger partial charge is 0.423 e. The molecule has 2 N–H and O–H groups in total. The van der Waals surface area contributed by atoms with Gasteiger partial charge in [0, 0.05) is 27.6 Å². The van der Waals surface area contributed by atoms with Crippen LogP contribution in [0.25, 0.3) is 22.3 Å². The van der Waals surface area contributed by atoms with Crippen LogP contribution in [-0.2, 0) is 15.6 Å². The molecule has 0 saturated carbocycles. The highest BCUT2D eigenvalue weighted by Gasteiger charge is 2.36. The van der Waals surface area contributed by atoms with Gasteiger partial charge in [-0.2, -0.15) is 0 Å². The van der Waals surface area contributed by atoms with Crippen molar-refractivity contribution in [2.24, 2.45) is 0 Å². The summed E-state index contributed by atoms with van der Waals surface area (Å²) in [5.74, 6) is 0. The minimum absolute atomic E-state index is 0.0865. The highest BCUT2D eigenvalue weighted by molar-refractivity contribution is 14.1. The molecule has 0 heterocycles. The van der Waals surface area contributed by atoms with E-state index in [1.165, 1.54) is 42.5 Å². The summed E-state index contributed by atoms with van der Waals surface area (Å²) in [7, 11) is -1.41. The van der Waals surface area contributed by atoms with Crippen LogP contribution in [0.4, 0.5) is 0 Å². The van der Waals surface area contributed by atoms with Crippen molar-refractivity contribution in [2.75, 3.05) is 13.2 Å². The molecular weight excluding hydrogens is 594 g/mol. The molecule has 0 fully saturated rings. The van der Waals surface area contributed by atoms with Crippen molar-refractivity contribution in [3.05, 3.63) is 111 Å². The fourth-order valence-electron chi connectivity index (χ4n) is 5.76. The first-order valence-electron chi connectivity index (χ1n) is 13.6. The molecule has 0 aromatic heterocycles. The number of hydrogen-bond acceptors (Lipinski definition) is 3. The van der Waals surface area contributed by atoms with E-state index in [1.807, 2.05) is 38.1 Å². The third-order valence-electron chi connectivity index (χ3n) is 7.86. The first-order chi connectivity index (χ1) is 18.5. The largest absolute Gasteiger partial charge is 0.488 e. The van der Waals surface area contributed by atoms with E-state index in [4.69, 9.17) is 4.74 Å². The molecule has 0 radical (unpaired) electrons. The Morgan fingerprint density at radius 1 is 0.615 bits per heavy atom. The Morgan fingerprint density at radius 3 is 1.51 bits per heavy atom. The lowest BCUT2D eigenvalue weighted by Crippen LogP contribution is -2.31. The second-order valence-electron chi connectivity index (χ2n) is 11.0. The van der Waals surface area contributed by atoms with E-state index in [-0.39, 0.29) is 10.8 Å². The number of fused-ring (bicyclic) bond motifs is 6. The van der Waals surface area contributed by atoms with E-state index in [1.54, 1.807) is 6.07 Å². The number of halogens is 1. The van der Waals surface area contributed by atoms with Crippen LogP contribution in [-0.4, -0.2) is 30.4 Å². The Hall–Kier alpha value is -2.45. The van der Waals surface area contributed by atoms with E-state index in [0.717, 1.165) is 18.8 Å². The summed E-state index contributed by atoms with van der Waals surface area (Å²) in [5.41, 5.74) is 11.2. The maximum absolute atomic E-state index is 9.30. The average Bonchev–Trinajstić information content (AvgIpc) is 3.29. The summed E-state index contributed by atoms with van der Waals surface area (Å²) in [5, 5.41) is 18.6. The van der Waals surface area contributed by atoms with Gasteiger partial charge in [-0.05, 0) is 98.5 Å². The van der Waals surface area contributed by atoms with E-state index in [2.05, 4.69) is 105 Å². The second kappa shape index (κ2) is 12.0. The van der Waals surface area contributed by atoms with Crippen LogP contribution < -0.4 is 5.46 Å². The predicted octanol–water partition coefficient (Wildman–Crippen LogP) is 7.31. The molecule has 0 unspecified atom stereocenters. The van der Waals surface area contributed by atoms with Crippen LogP contribution in [0, 0.1) is 3.57 Å². The molecule has 3 nitrogen and oxygen atoms in total. The molecule has 5 heteroatoms. The van der Waals surface area contributed by atoms with Gasteiger partial charge in [-0.15, -0.1) is 0 Å². The van der Waals surface area contributed by atoms with Crippen LogP contribution in [0.15, 0.2) is 84.9 Å². The van der Waals surface area contributed by atoms with E-state index < -0.39 is 7.12 Å². The summed E-state index contributed by atoms with van der Waals surface area (Å²) in [6.45, 7) is 14.6. The molecule has 6 rings (SSSR count). The Labute approximate surface area is 247 Å². The molecule has 0 bridgehead atoms. The Balaban J connectivity index is 0.000000156. The van der Waals surface area contributed by atoms with Crippen LogP contribution in [0.5, 0.6) is 0 Å². The molecule has 4 aromatic rings. The average molecular weight is 632 g/mol. The third-order valence-corrected chi connectivity index (χ3v) is 8.53. The van der Waals surface area contributed by atoms with Crippen molar-refractivity contribution in [1.29, 1.82) is 0 Å². The normalized spacial score (nSPS) is 14.5. The van der Waals surface area contributed by atoms with Crippen molar-refractivity contribution in [3.8, 4) is 22.3 Å². The van der Waals surface area contributed by atoms with E-state index in [9.17, 15) is 10.0 Å². The van der Waals surface area contributed by atoms with E-state index in [0.29, 0.717) is 5.46 Å². The highest BCUT2D eigenvalue weighted by Crippen LogP contribution is 2.49. The van der Waals surface area contributed by atoms with Gasteiger partial charge in [0.2, 0.25) is 0 Å². The Morgan fingerprint density at radius 2 is 1.05 bits per heavy atom. The van der Waals surface area contributed by atoms with Crippen LogP contribution in [0.1, 0.15) is 63.8 Å². The van der Waals surface area contributed by atoms with Crippen molar-refractivity contribution < 1.29 is 14.8 Å². The minimum Gasteiger partial charge on any atom is -0.423 e. The molecule has 0 aliphatic heterocycles. The number of ether oxygens (including phenoxy) is 1. The SMILES string of the molecule is CC1(C)c2ccccc2-c2ccc(B(O)O)cc21.CC1(C)c2ccccc2-c2ccc(I)cc21.CCOCC. The summed E-state index contributed by atoms with van der Waals surface area (Å²) in [6, 6.07) is 29.5.